The minimum Gasteiger partial charge on any atom is -0.493 e. The summed E-state index contributed by atoms with van der Waals surface area (Å²) in [5, 5.41) is 9.51. The summed E-state index contributed by atoms with van der Waals surface area (Å²) in [4.78, 5) is 11.6. The molecule has 0 spiro atoms. The van der Waals surface area contributed by atoms with Crippen molar-refractivity contribution in [3.8, 4) is 11.5 Å². The number of aliphatic carboxylic acids is 1. The van der Waals surface area contributed by atoms with E-state index in [2.05, 4.69) is 0 Å². The van der Waals surface area contributed by atoms with Gasteiger partial charge in [0.15, 0.2) is 11.5 Å². The van der Waals surface area contributed by atoms with E-state index in [1.165, 1.54) is 0 Å². The molecule has 4 heteroatoms. The molecule has 0 atom stereocenters. The molecular weight excluding hydrogens is 256 g/mol. The third kappa shape index (κ3) is 3.24. The fourth-order valence-electron chi connectivity index (χ4n) is 2.89. The highest BCUT2D eigenvalue weighted by Gasteiger charge is 2.39. The summed E-state index contributed by atoms with van der Waals surface area (Å²) < 4.78 is 10.9. The van der Waals surface area contributed by atoms with E-state index in [0.717, 1.165) is 32.1 Å². The number of rotatable bonds is 6. The number of hydrogen-bond acceptors (Lipinski definition) is 3. The predicted molar refractivity (Wildman–Crippen MR) is 76.3 cm³/mol. The third-order valence-corrected chi connectivity index (χ3v) is 4.17. The maximum atomic E-state index is 11.6. The van der Waals surface area contributed by atoms with Crippen molar-refractivity contribution < 1.29 is 19.4 Å². The standard InChI is InChI=1S/C16H22O4/c1-19-13-7-3-4-8-14(13)20-12-11-16(15(17)18)9-5-2-6-10-16/h3-4,7-8H,2,5-6,9-12H2,1H3,(H,17,18). The Morgan fingerprint density at radius 1 is 1.20 bits per heavy atom. The summed E-state index contributed by atoms with van der Waals surface area (Å²) >= 11 is 0. The van der Waals surface area contributed by atoms with Crippen LogP contribution in [0.2, 0.25) is 0 Å². The fourth-order valence-corrected chi connectivity index (χ4v) is 2.89. The number of carboxylic acids is 1. The van der Waals surface area contributed by atoms with Gasteiger partial charge in [0.1, 0.15) is 0 Å². The van der Waals surface area contributed by atoms with Gasteiger partial charge in [-0.25, -0.2) is 0 Å². The van der Waals surface area contributed by atoms with Gasteiger partial charge in [-0.1, -0.05) is 31.4 Å². The molecule has 0 radical (unpaired) electrons. The van der Waals surface area contributed by atoms with Crippen molar-refractivity contribution in [1.29, 1.82) is 0 Å². The van der Waals surface area contributed by atoms with Crippen LogP contribution < -0.4 is 9.47 Å². The Bertz CT molecular complexity index is 450. The number of para-hydroxylation sites is 2. The van der Waals surface area contributed by atoms with E-state index in [4.69, 9.17) is 9.47 Å². The van der Waals surface area contributed by atoms with Gasteiger partial charge < -0.3 is 14.6 Å². The first kappa shape index (κ1) is 14.7. The van der Waals surface area contributed by atoms with Crippen molar-refractivity contribution in [2.45, 2.75) is 38.5 Å². The largest absolute Gasteiger partial charge is 0.493 e. The summed E-state index contributed by atoms with van der Waals surface area (Å²) in [5.74, 6) is 0.674. The van der Waals surface area contributed by atoms with Crippen LogP contribution in [0.3, 0.4) is 0 Å². The van der Waals surface area contributed by atoms with Gasteiger partial charge in [-0.05, 0) is 31.4 Å². The molecule has 1 fully saturated rings. The van der Waals surface area contributed by atoms with Gasteiger partial charge in [-0.2, -0.15) is 0 Å². The summed E-state index contributed by atoms with van der Waals surface area (Å²) in [5.41, 5.74) is -0.597. The zero-order valence-corrected chi connectivity index (χ0v) is 11.9. The molecule has 0 heterocycles. The van der Waals surface area contributed by atoms with Crippen molar-refractivity contribution in [3.05, 3.63) is 24.3 Å². The van der Waals surface area contributed by atoms with Crippen LogP contribution in [0.15, 0.2) is 24.3 Å². The average molecular weight is 278 g/mol. The van der Waals surface area contributed by atoms with Crippen LogP contribution in [-0.2, 0) is 4.79 Å². The third-order valence-electron chi connectivity index (χ3n) is 4.17. The SMILES string of the molecule is COc1ccccc1OCCC1(C(=O)O)CCCCC1. The average Bonchev–Trinajstić information content (AvgIpc) is 2.48. The molecule has 0 aliphatic heterocycles. The molecule has 0 amide bonds. The van der Waals surface area contributed by atoms with Crippen molar-refractivity contribution in [1.82, 2.24) is 0 Å². The van der Waals surface area contributed by atoms with E-state index in [0.29, 0.717) is 24.5 Å². The zero-order valence-electron chi connectivity index (χ0n) is 11.9. The predicted octanol–water partition coefficient (Wildman–Crippen LogP) is 3.50. The van der Waals surface area contributed by atoms with Crippen LogP contribution in [0.4, 0.5) is 0 Å². The molecule has 1 aliphatic rings. The van der Waals surface area contributed by atoms with E-state index in [-0.39, 0.29) is 0 Å². The normalized spacial score (nSPS) is 17.4. The van der Waals surface area contributed by atoms with Crippen molar-refractivity contribution in [3.63, 3.8) is 0 Å². The van der Waals surface area contributed by atoms with Crippen molar-refractivity contribution in [2.24, 2.45) is 5.41 Å². The van der Waals surface area contributed by atoms with Crippen molar-refractivity contribution >= 4 is 5.97 Å². The first-order chi connectivity index (χ1) is 9.68. The molecule has 4 nitrogen and oxygen atoms in total. The summed E-state index contributed by atoms with van der Waals surface area (Å²) in [6, 6.07) is 7.44. The maximum Gasteiger partial charge on any atom is 0.309 e. The van der Waals surface area contributed by atoms with Crippen LogP contribution in [-0.4, -0.2) is 24.8 Å². The second-order valence-corrected chi connectivity index (χ2v) is 5.40. The van der Waals surface area contributed by atoms with Crippen LogP contribution >= 0.6 is 0 Å². The summed E-state index contributed by atoms with van der Waals surface area (Å²) in [6.07, 6.45) is 5.22. The van der Waals surface area contributed by atoms with Crippen LogP contribution in [0.1, 0.15) is 38.5 Å². The van der Waals surface area contributed by atoms with Gasteiger partial charge in [-0.15, -0.1) is 0 Å². The number of carboxylic acid groups (broad SMARTS) is 1. The highest BCUT2D eigenvalue weighted by molar-refractivity contribution is 5.74. The molecular formula is C16H22O4. The van der Waals surface area contributed by atoms with Gasteiger partial charge in [0.2, 0.25) is 0 Å². The van der Waals surface area contributed by atoms with Crippen molar-refractivity contribution in [2.75, 3.05) is 13.7 Å². The fraction of sp³-hybridized carbons (Fsp3) is 0.562. The van der Waals surface area contributed by atoms with Crippen LogP contribution in [0.5, 0.6) is 11.5 Å². The number of carbonyl (C=O) groups is 1. The summed E-state index contributed by atoms with van der Waals surface area (Å²) in [7, 11) is 1.60. The molecule has 110 valence electrons. The van der Waals surface area contributed by atoms with E-state index in [9.17, 15) is 9.90 Å². The Morgan fingerprint density at radius 3 is 2.45 bits per heavy atom. The second-order valence-electron chi connectivity index (χ2n) is 5.40. The highest BCUT2D eigenvalue weighted by Crippen LogP contribution is 2.40. The van der Waals surface area contributed by atoms with E-state index in [1.54, 1.807) is 7.11 Å². The quantitative estimate of drug-likeness (QED) is 0.865. The Kier molecular flexibility index (Phi) is 4.88. The Morgan fingerprint density at radius 2 is 1.85 bits per heavy atom. The first-order valence-electron chi connectivity index (χ1n) is 7.17. The number of hydrogen-bond donors (Lipinski definition) is 1. The zero-order chi connectivity index (χ0) is 14.4. The minimum atomic E-state index is -0.680. The Hall–Kier alpha value is -1.71. The number of ether oxygens (including phenoxy) is 2. The van der Waals surface area contributed by atoms with Gasteiger partial charge >= 0.3 is 5.97 Å². The second kappa shape index (κ2) is 6.64. The van der Waals surface area contributed by atoms with Gasteiger partial charge in [0, 0.05) is 0 Å². The molecule has 0 bridgehead atoms. The molecule has 0 saturated heterocycles. The molecule has 1 aromatic carbocycles. The monoisotopic (exact) mass is 278 g/mol. The van der Waals surface area contributed by atoms with Crippen LogP contribution in [0, 0.1) is 5.41 Å². The van der Waals surface area contributed by atoms with E-state index in [1.807, 2.05) is 24.3 Å². The Labute approximate surface area is 119 Å². The molecule has 0 unspecified atom stereocenters. The van der Waals surface area contributed by atoms with Gasteiger partial charge in [0.05, 0.1) is 19.1 Å². The maximum absolute atomic E-state index is 11.6. The molecule has 1 N–H and O–H groups in total. The molecule has 1 aromatic rings. The smallest absolute Gasteiger partial charge is 0.309 e. The Balaban J connectivity index is 1.95. The summed E-state index contributed by atoms with van der Waals surface area (Å²) in [6.45, 7) is 0.409. The molecule has 0 aromatic heterocycles. The lowest BCUT2D eigenvalue weighted by atomic mass is 9.72. The number of benzene rings is 1. The number of methoxy groups -OCH3 is 1. The lowest BCUT2D eigenvalue weighted by Crippen LogP contribution is -2.34. The molecule has 2 rings (SSSR count). The minimum absolute atomic E-state index is 0.409. The van der Waals surface area contributed by atoms with E-state index >= 15 is 0 Å². The van der Waals surface area contributed by atoms with Gasteiger partial charge in [0.25, 0.3) is 0 Å². The first-order valence-corrected chi connectivity index (χ1v) is 7.17. The van der Waals surface area contributed by atoms with Gasteiger partial charge in [-0.3, -0.25) is 4.79 Å². The topological polar surface area (TPSA) is 55.8 Å². The lowest BCUT2D eigenvalue weighted by molar-refractivity contribution is -0.152. The molecule has 1 aliphatic carbocycles. The molecule has 1 saturated carbocycles. The van der Waals surface area contributed by atoms with E-state index < -0.39 is 11.4 Å². The lowest BCUT2D eigenvalue weighted by Gasteiger charge is -2.33. The van der Waals surface area contributed by atoms with Crippen LogP contribution in [0.25, 0.3) is 0 Å². The molecule has 20 heavy (non-hydrogen) atoms. The highest BCUT2D eigenvalue weighted by atomic mass is 16.5.